The summed E-state index contributed by atoms with van der Waals surface area (Å²) in [5.41, 5.74) is -1.31. The molecule has 0 fully saturated rings. The van der Waals surface area contributed by atoms with Crippen molar-refractivity contribution >= 4 is 23.5 Å². The van der Waals surface area contributed by atoms with Crippen LogP contribution in [0, 0.1) is 5.92 Å². The average molecular weight is 338 g/mol. The van der Waals surface area contributed by atoms with Crippen molar-refractivity contribution in [2.75, 3.05) is 12.4 Å². The summed E-state index contributed by atoms with van der Waals surface area (Å²) in [6, 6.07) is 1.25. The molecule has 0 aromatic carbocycles. The molecule has 1 aromatic heterocycles. The lowest BCUT2D eigenvalue weighted by Crippen LogP contribution is -2.35. The molecule has 0 saturated heterocycles. The van der Waals surface area contributed by atoms with Crippen LogP contribution in [0.25, 0.3) is 0 Å². The summed E-state index contributed by atoms with van der Waals surface area (Å²) >= 11 is 0. The maximum Gasteiger partial charge on any atom is 0.412 e. The number of carbonyl (C=O) groups is 3. The third-order valence-corrected chi connectivity index (χ3v) is 3.72. The fourth-order valence-corrected chi connectivity index (χ4v) is 1.65. The summed E-state index contributed by atoms with van der Waals surface area (Å²) in [6.07, 6.45) is -0.788. The minimum atomic E-state index is -1.38. The number of hydrogen-bond acceptors (Lipinski definition) is 6. The minimum Gasteiger partial charge on any atom is -0.492 e. The number of aromatic nitrogens is 1. The number of anilines is 1. The first kappa shape index (κ1) is 19.4. The van der Waals surface area contributed by atoms with Crippen molar-refractivity contribution in [1.82, 2.24) is 4.98 Å². The van der Waals surface area contributed by atoms with E-state index in [-0.39, 0.29) is 23.0 Å². The molecule has 2 N–H and O–H groups in total. The highest BCUT2D eigenvalue weighted by atomic mass is 16.6. The van der Waals surface area contributed by atoms with Crippen molar-refractivity contribution < 1.29 is 29.0 Å². The molecule has 0 radical (unpaired) electrons. The second-order valence-electron chi connectivity index (χ2n) is 6.07. The number of carbonyl (C=O) groups excluding carboxylic acids is 2. The molecule has 0 atom stereocenters. The molecule has 0 aliphatic carbocycles. The zero-order valence-corrected chi connectivity index (χ0v) is 14.6. The largest absolute Gasteiger partial charge is 0.492 e. The van der Waals surface area contributed by atoms with Crippen LogP contribution < -0.4 is 10.1 Å². The quantitative estimate of drug-likeness (QED) is 0.766. The number of ether oxygens (including phenoxy) is 2. The number of carboxylic acid groups (broad SMARTS) is 1. The SMILES string of the molecule is COc1c(NC(=O)OC(C)(C)C(C)C)cc(C(C)=O)nc1C(=O)O. The normalized spacial score (nSPS) is 11.1. The lowest BCUT2D eigenvalue weighted by atomic mass is 9.95. The Morgan fingerprint density at radius 1 is 1.29 bits per heavy atom. The number of pyridine rings is 1. The summed E-state index contributed by atoms with van der Waals surface area (Å²) in [4.78, 5) is 38.7. The smallest absolute Gasteiger partial charge is 0.412 e. The Hall–Kier alpha value is -2.64. The van der Waals surface area contributed by atoms with Gasteiger partial charge in [0.1, 0.15) is 11.3 Å². The van der Waals surface area contributed by atoms with Crippen LogP contribution in [0.4, 0.5) is 10.5 Å². The van der Waals surface area contributed by atoms with Gasteiger partial charge in [-0.3, -0.25) is 10.1 Å². The number of Topliss-reactive ketones (excluding diaryl/α,β-unsaturated/α-hetero) is 1. The number of ketones is 1. The molecule has 1 amide bonds. The molecule has 0 aliphatic heterocycles. The number of rotatable bonds is 6. The highest BCUT2D eigenvalue weighted by Gasteiger charge is 2.28. The first-order chi connectivity index (χ1) is 11.0. The summed E-state index contributed by atoms with van der Waals surface area (Å²) in [7, 11) is 1.24. The molecule has 8 nitrogen and oxygen atoms in total. The van der Waals surface area contributed by atoms with Crippen LogP contribution in [0.3, 0.4) is 0 Å². The van der Waals surface area contributed by atoms with Gasteiger partial charge >= 0.3 is 12.1 Å². The number of hydrogen-bond donors (Lipinski definition) is 2. The van der Waals surface area contributed by atoms with Crippen LogP contribution in [0.1, 0.15) is 55.6 Å². The van der Waals surface area contributed by atoms with E-state index in [1.807, 2.05) is 13.8 Å². The Morgan fingerprint density at radius 3 is 2.29 bits per heavy atom. The van der Waals surface area contributed by atoms with Crippen molar-refractivity contribution in [1.29, 1.82) is 0 Å². The third kappa shape index (κ3) is 4.43. The van der Waals surface area contributed by atoms with E-state index in [1.54, 1.807) is 13.8 Å². The first-order valence-electron chi connectivity index (χ1n) is 7.32. The highest BCUT2D eigenvalue weighted by molar-refractivity contribution is 6.00. The Balaban J connectivity index is 3.24. The zero-order chi connectivity index (χ0) is 18.7. The lowest BCUT2D eigenvalue weighted by Gasteiger charge is -2.29. The monoisotopic (exact) mass is 338 g/mol. The Labute approximate surface area is 140 Å². The van der Waals surface area contributed by atoms with E-state index in [9.17, 15) is 19.5 Å². The standard InChI is InChI=1S/C16H22N2O6/c1-8(2)16(4,5)24-15(22)18-11-7-10(9(3)19)17-12(14(20)21)13(11)23-6/h7-8H,1-6H3,(H,20,21)(H,17,18,22). The molecule has 24 heavy (non-hydrogen) atoms. The van der Waals surface area contributed by atoms with Gasteiger partial charge in [-0.15, -0.1) is 0 Å². The van der Waals surface area contributed by atoms with E-state index in [4.69, 9.17) is 9.47 Å². The van der Waals surface area contributed by atoms with Crippen LogP contribution in [0.2, 0.25) is 0 Å². The van der Waals surface area contributed by atoms with E-state index < -0.39 is 29.1 Å². The van der Waals surface area contributed by atoms with E-state index >= 15 is 0 Å². The van der Waals surface area contributed by atoms with Gasteiger partial charge in [0.25, 0.3) is 0 Å². The number of methoxy groups -OCH3 is 1. The van der Waals surface area contributed by atoms with Gasteiger partial charge in [0, 0.05) is 6.92 Å². The maximum absolute atomic E-state index is 12.1. The van der Waals surface area contributed by atoms with Crippen LogP contribution in [0.5, 0.6) is 5.75 Å². The molecule has 0 aliphatic rings. The zero-order valence-electron chi connectivity index (χ0n) is 14.6. The van der Waals surface area contributed by atoms with Gasteiger partial charge in [0.05, 0.1) is 12.8 Å². The first-order valence-corrected chi connectivity index (χ1v) is 7.32. The molecular weight excluding hydrogens is 316 g/mol. The fourth-order valence-electron chi connectivity index (χ4n) is 1.65. The van der Waals surface area contributed by atoms with E-state index in [1.165, 1.54) is 20.1 Å². The minimum absolute atomic E-state index is 0.000318. The summed E-state index contributed by atoms with van der Waals surface area (Å²) < 4.78 is 10.4. The number of nitrogens with zero attached hydrogens (tertiary/aromatic N) is 1. The van der Waals surface area contributed by atoms with Crippen molar-refractivity contribution in [3.8, 4) is 5.75 Å². The topological polar surface area (TPSA) is 115 Å². The van der Waals surface area contributed by atoms with Gasteiger partial charge in [0.2, 0.25) is 0 Å². The number of carboxylic acids is 1. The van der Waals surface area contributed by atoms with Gasteiger partial charge in [-0.25, -0.2) is 14.6 Å². The molecule has 1 rings (SSSR count). The van der Waals surface area contributed by atoms with Crippen molar-refractivity contribution in [2.45, 2.75) is 40.2 Å². The van der Waals surface area contributed by atoms with E-state index in [0.29, 0.717) is 0 Å². The molecular formula is C16H22N2O6. The van der Waals surface area contributed by atoms with Crippen molar-refractivity contribution in [3.05, 3.63) is 17.5 Å². The Bertz CT molecular complexity index is 667. The molecule has 0 bridgehead atoms. The molecule has 0 unspecified atom stereocenters. The van der Waals surface area contributed by atoms with Gasteiger partial charge in [0.15, 0.2) is 17.2 Å². The molecule has 8 heteroatoms. The predicted molar refractivity (Wildman–Crippen MR) is 86.8 cm³/mol. The van der Waals surface area contributed by atoms with Crippen molar-refractivity contribution in [2.24, 2.45) is 5.92 Å². The maximum atomic E-state index is 12.1. The third-order valence-electron chi connectivity index (χ3n) is 3.72. The van der Waals surface area contributed by atoms with E-state index in [2.05, 4.69) is 10.3 Å². The molecule has 1 aromatic rings. The Kier molecular flexibility index (Phi) is 5.89. The molecule has 0 saturated carbocycles. The highest BCUT2D eigenvalue weighted by Crippen LogP contribution is 2.30. The Morgan fingerprint density at radius 2 is 1.88 bits per heavy atom. The van der Waals surface area contributed by atoms with Gasteiger partial charge < -0.3 is 14.6 Å². The van der Waals surface area contributed by atoms with Gasteiger partial charge in [-0.2, -0.15) is 0 Å². The summed E-state index contributed by atoms with van der Waals surface area (Å²) in [5.74, 6) is -1.93. The van der Waals surface area contributed by atoms with Gasteiger partial charge in [-0.05, 0) is 25.8 Å². The summed E-state index contributed by atoms with van der Waals surface area (Å²) in [5, 5.41) is 11.6. The molecule has 0 spiro atoms. The number of aromatic carboxylic acids is 1. The number of nitrogens with one attached hydrogen (secondary N) is 1. The van der Waals surface area contributed by atoms with Gasteiger partial charge in [-0.1, -0.05) is 13.8 Å². The van der Waals surface area contributed by atoms with E-state index in [0.717, 1.165) is 0 Å². The second-order valence-corrected chi connectivity index (χ2v) is 6.07. The lowest BCUT2D eigenvalue weighted by molar-refractivity contribution is 0.0133. The molecule has 132 valence electrons. The van der Waals surface area contributed by atoms with Crippen LogP contribution in [-0.2, 0) is 4.74 Å². The van der Waals surface area contributed by atoms with Crippen molar-refractivity contribution in [3.63, 3.8) is 0 Å². The van der Waals surface area contributed by atoms with Crippen LogP contribution in [-0.4, -0.2) is 40.6 Å². The summed E-state index contributed by atoms with van der Waals surface area (Å²) in [6.45, 7) is 8.55. The predicted octanol–water partition coefficient (Wildman–Crippen LogP) is 2.97. The number of amides is 1. The average Bonchev–Trinajstić information content (AvgIpc) is 2.45. The fraction of sp³-hybridized carbons (Fsp3) is 0.500. The van der Waals surface area contributed by atoms with Crippen LogP contribution >= 0.6 is 0 Å². The van der Waals surface area contributed by atoms with Crippen LogP contribution in [0.15, 0.2) is 6.07 Å². The molecule has 1 heterocycles. The second kappa shape index (κ2) is 7.29.